The molecule has 20 heavy (non-hydrogen) atoms. The second kappa shape index (κ2) is 7.01. The van der Waals surface area contributed by atoms with E-state index < -0.39 is 4.92 Å². The van der Waals surface area contributed by atoms with Crippen molar-refractivity contribution in [3.8, 4) is 0 Å². The lowest BCUT2D eigenvalue weighted by Crippen LogP contribution is -2.13. The minimum Gasteiger partial charge on any atom is -0.301 e. The largest absolute Gasteiger partial charge is 0.301 e. The van der Waals surface area contributed by atoms with Crippen molar-refractivity contribution < 1.29 is 9.72 Å². The number of benzene rings is 1. The van der Waals surface area contributed by atoms with Crippen molar-refractivity contribution in [1.29, 1.82) is 0 Å². The quantitative estimate of drug-likeness (QED) is 0.655. The number of carbonyl (C=O) groups is 1. The van der Waals surface area contributed by atoms with Crippen LogP contribution in [0.25, 0.3) is 0 Å². The lowest BCUT2D eigenvalue weighted by Gasteiger charge is -2.02. The van der Waals surface area contributed by atoms with Crippen molar-refractivity contribution in [3.63, 3.8) is 0 Å². The first-order valence-corrected chi connectivity index (χ1v) is 7.69. The zero-order valence-electron chi connectivity index (χ0n) is 10.3. The van der Waals surface area contributed by atoms with Crippen LogP contribution in [0.1, 0.15) is 5.56 Å². The minimum absolute atomic E-state index is 0.0697. The Labute approximate surface area is 123 Å². The van der Waals surface area contributed by atoms with Crippen LogP contribution in [0.15, 0.2) is 35.8 Å². The molecule has 0 spiro atoms. The zero-order valence-corrected chi connectivity index (χ0v) is 11.9. The number of aromatic nitrogens is 1. The molecule has 1 amide bonds. The predicted octanol–water partition coefficient (Wildman–Crippen LogP) is 2.92. The normalized spacial score (nSPS) is 10.2. The van der Waals surface area contributed by atoms with Crippen LogP contribution in [-0.4, -0.2) is 21.6 Å². The van der Waals surface area contributed by atoms with E-state index in [2.05, 4.69) is 10.3 Å². The Balaban J connectivity index is 1.75. The molecular formula is C12H11N3O3S2. The lowest BCUT2D eigenvalue weighted by molar-refractivity contribution is -0.384. The number of thiazole rings is 1. The van der Waals surface area contributed by atoms with E-state index in [0.717, 1.165) is 5.56 Å². The first-order chi connectivity index (χ1) is 9.65. The van der Waals surface area contributed by atoms with E-state index in [1.807, 2.05) is 0 Å². The van der Waals surface area contributed by atoms with Gasteiger partial charge in [-0.15, -0.1) is 23.1 Å². The summed E-state index contributed by atoms with van der Waals surface area (Å²) in [5, 5.41) is 15.6. The highest BCUT2D eigenvalue weighted by Crippen LogP contribution is 2.17. The molecule has 1 aromatic heterocycles. The van der Waals surface area contributed by atoms with E-state index in [0.29, 0.717) is 16.6 Å². The number of hydrogen-bond donors (Lipinski definition) is 1. The zero-order chi connectivity index (χ0) is 14.4. The van der Waals surface area contributed by atoms with Crippen LogP contribution < -0.4 is 5.32 Å². The maximum Gasteiger partial charge on any atom is 0.269 e. The van der Waals surface area contributed by atoms with E-state index >= 15 is 0 Å². The first kappa shape index (κ1) is 14.5. The summed E-state index contributed by atoms with van der Waals surface area (Å²) in [5.74, 6) is 0.840. The van der Waals surface area contributed by atoms with Gasteiger partial charge in [-0.05, 0) is 5.56 Å². The number of hydrogen-bond acceptors (Lipinski definition) is 6. The summed E-state index contributed by atoms with van der Waals surface area (Å²) < 4.78 is 0. The summed E-state index contributed by atoms with van der Waals surface area (Å²) in [7, 11) is 0. The van der Waals surface area contributed by atoms with Crippen LogP contribution in [0.5, 0.6) is 0 Å². The van der Waals surface area contributed by atoms with Gasteiger partial charge in [-0.3, -0.25) is 14.9 Å². The van der Waals surface area contributed by atoms with Crippen molar-refractivity contribution >= 4 is 39.8 Å². The van der Waals surface area contributed by atoms with E-state index in [9.17, 15) is 14.9 Å². The topological polar surface area (TPSA) is 85.1 Å². The predicted molar refractivity (Wildman–Crippen MR) is 80.0 cm³/mol. The van der Waals surface area contributed by atoms with E-state index in [1.54, 1.807) is 23.7 Å². The van der Waals surface area contributed by atoms with Crippen molar-refractivity contribution in [3.05, 3.63) is 51.5 Å². The molecule has 0 aliphatic rings. The molecule has 0 radical (unpaired) electrons. The number of carbonyl (C=O) groups excluding carboxylic acids is 1. The standard InChI is InChI=1S/C12H11N3O3S2/c16-11(14-12-13-5-6-20-12)8-19-7-9-1-3-10(4-2-9)15(17)18/h1-6H,7-8H2,(H,13,14,16). The maximum absolute atomic E-state index is 11.6. The third-order valence-corrected chi connectivity index (χ3v) is 4.02. The van der Waals surface area contributed by atoms with Gasteiger partial charge in [0, 0.05) is 29.5 Å². The van der Waals surface area contributed by atoms with Crippen molar-refractivity contribution in [2.24, 2.45) is 0 Å². The van der Waals surface area contributed by atoms with Gasteiger partial charge >= 0.3 is 0 Å². The highest BCUT2D eigenvalue weighted by molar-refractivity contribution is 7.99. The number of thioether (sulfide) groups is 1. The Bertz CT molecular complexity index is 585. The molecule has 1 N–H and O–H groups in total. The minimum atomic E-state index is -0.432. The highest BCUT2D eigenvalue weighted by atomic mass is 32.2. The molecule has 0 aliphatic heterocycles. The molecule has 1 aromatic carbocycles. The molecule has 0 fully saturated rings. The van der Waals surface area contributed by atoms with Gasteiger partial charge in [-0.1, -0.05) is 12.1 Å². The van der Waals surface area contributed by atoms with Crippen LogP contribution >= 0.6 is 23.1 Å². The van der Waals surface area contributed by atoms with Crippen molar-refractivity contribution in [1.82, 2.24) is 4.98 Å². The number of nitro groups is 1. The number of nitrogens with zero attached hydrogens (tertiary/aromatic N) is 2. The summed E-state index contributed by atoms with van der Waals surface area (Å²) in [6.07, 6.45) is 1.63. The second-order valence-electron chi connectivity index (χ2n) is 3.80. The molecule has 6 nitrogen and oxygen atoms in total. The summed E-state index contributed by atoms with van der Waals surface area (Å²) in [4.78, 5) is 25.6. The number of amides is 1. The Hall–Kier alpha value is -1.93. The van der Waals surface area contributed by atoms with Gasteiger partial charge in [-0.25, -0.2) is 4.98 Å². The molecular weight excluding hydrogens is 298 g/mol. The molecule has 0 atom stereocenters. The van der Waals surface area contributed by atoms with E-state index in [-0.39, 0.29) is 11.6 Å². The first-order valence-electron chi connectivity index (χ1n) is 5.65. The third-order valence-electron chi connectivity index (χ3n) is 2.33. The van der Waals surface area contributed by atoms with Crippen molar-refractivity contribution in [2.75, 3.05) is 11.1 Å². The number of rotatable bonds is 6. The fraction of sp³-hybridized carbons (Fsp3) is 0.167. The average molecular weight is 309 g/mol. The van der Waals surface area contributed by atoms with Gasteiger partial charge in [0.1, 0.15) is 0 Å². The second-order valence-corrected chi connectivity index (χ2v) is 5.68. The van der Waals surface area contributed by atoms with Crippen LogP contribution in [0.4, 0.5) is 10.8 Å². The molecule has 0 aliphatic carbocycles. The maximum atomic E-state index is 11.6. The number of nitrogens with one attached hydrogen (secondary N) is 1. The molecule has 1 heterocycles. The molecule has 104 valence electrons. The molecule has 0 unspecified atom stereocenters. The smallest absolute Gasteiger partial charge is 0.269 e. The van der Waals surface area contributed by atoms with Crippen molar-refractivity contribution in [2.45, 2.75) is 5.75 Å². The van der Waals surface area contributed by atoms with E-state index in [4.69, 9.17) is 0 Å². The monoisotopic (exact) mass is 309 g/mol. The summed E-state index contributed by atoms with van der Waals surface area (Å²) >= 11 is 2.81. The number of anilines is 1. The third kappa shape index (κ3) is 4.32. The van der Waals surface area contributed by atoms with Crippen LogP contribution in [-0.2, 0) is 10.5 Å². The fourth-order valence-corrected chi connectivity index (χ4v) is 2.75. The number of nitro benzene ring substituents is 1. The van der Waals surface area contributed by atoms with Gasteiger partial charge in [0.15, 0.2) is 5.13 Å². The molecule has 2 rings (SSSR count). The van der Waals surface area contributed by atoms with E-state index in [1.165, 1.54) is 35.2 Å². The van der Waals surface area contributed by atoms with Crippen LogP contribution in [0, 0.1) is 10.1 Å². The SMILES string of the molecule is O=C(CSCc1ccc([N+](=O)[O-])cc1)Nc1nccs1. The Morgan fingerprint density at radius 1 is 1.40 bits per heavy atom. The molecule has 0 bridgehead atoms. The molecule has 0 saturated carbocycles. The summed E-state index contributed by atoms with van der Waals surface area (Å²) in [6, 6.07) is 6.32. The molecule has 0 saturated heterocycles. The highest BCUT2D eigenvalue weighted by Gasteiger charge is 2.06. The Morgan fingerprint density at radius 2 is 2.15 bits per heavy atom. The lowest BCUT2D eigenvalue weighted by atomic mass is 10.2. The van der Waals surface area contributed by atoms with Crippen LogP contribution in [0.2, 0.25) is 0 Å². The number of non-ortho nitro benzene ring substituents is 1. The van der Waals surface area contributed by atoms with Gasteiger partial charge in [0.25, 0.3) is 5.69 Å². The van der Waals surface area contributed by atoms with Gasteiger partial charge in [-0.2, -0.15) is 0 Å². The Morgan fingerprint density at radius 3 is 2.75 bits per heavy atom. The Kier molecular flexibility index (Phi) is 5.08. The van der Waals surface area contributed by atoms with Gasteiger partial charge in [0.2, 0.25) is 5.91 Å². The molecule has 8 heteroatoms. The molecule has 2 aromatic rings. The van der Waals surface area contributed by atoms with Gasteiger partial charge in [0.05, 0.1) is 10.7 Å². The van der Waals surface area contributed by atoms with Crippen LogP contribution in [0.3, 0.4) is 0 Å². The van der Waals surface area contributed by atoms with Gasteiger partial charge < -0.3 is 5.32 Å². The summed E-state index contributed by atoms with van der Waals surface area (Å²) in [5.41, 5.74) is 1.02. The fourth-order valence-electron chi connectivity index (χ4n) is 1.42. The average Bonchev–Trinajstić information content (AvgIpc) is 2.92. The summed E-state index contributed by atoms with van der Waals surface area (Å²) in [6.45, 7) is 0.